The van der Waals surface area contributed by atoms with Crippen LogP contribution in [0, 0.1) is 0 Å². The summed E-state index contributed by atoms with van der Waals surface area (Å²) in [5.41, 5.74) is -0.713. The van der Waals surface area contributed by atoms with Crippen LogP contribution in [0.3, 0.4) is 0 Å². The van der Waals surface area contributed by atoms with E-state index in [4.69, 9.17) is 0 Å². The van der Waals surface area contributed by atoms with Crippen molar-refractivity contribution in [1.82, 2.24) is 10.2 Å². The molecule has 1 aromatic carbocycles. The Bertz CT molecular complexity index is 648. The molecule has 0 amide bonds. The third kappa shape index (κ3) is 3.05. The molecule has 0 aliphatic rings. The highest BCUT2D eigenvalue weighted by Gasteiger charge is 2.30. The third-order valence-electron chi connectivity index (χ3n) is 2.24. The van der Waals surface area contributed by atoms with Gasteiger partial charge < -0.3 is 0 Å². The molecular weight excluding hydrogens is 283 g/mol. The first kappa shape index (κ1) is 13.4. The lowest BCUT2D eigenvalue weighted by molar-refractivity contribution is -0.137. The molecule has 0 unspecified atom stereocenters. The average molecular weight is 291 g/mol. The maximum Gasteiger partial charge on any atom is 0.416 e. The van der Waals surface area contributed by atoms with E-state index >= 15 is 0 Å². The number of nitrogens with zero attached hydrogens (tertiary/aromatic N) is 1. The predicted molar refractivity (Wildman–Crippen MR) is 60.8 cm³/mol. The Labute approximate surface area is 106 Å². The van der Waals surface area contributed by atoms with E-state index in [1.165, 1.54) is 12.4 Å². The van der Waals surface area contributed by atoms with Gasteiger partial charge in [0, 0.05) is 6.20 Å². The quantitative estimate of drug-likeness (QED) is 0.910. The van der Waals surface area contributed by atoms with Crippen molar-refractivity contribution < 1.29 is 21.6 Å². The Morgan fingerprint density at radius 2 is 1.79 bits per heavy atom. The lowest BCUT2D eigenvalue weighted by Gasteiger charge is -2.08. The van der Waals surface area contributed by atoms with Crippen molar-refractivity contribution in [3.05, 3.63) is 42.2 Å². The lowest BCUT2D eigenvalue weighted by atomic mass is 10.2. The number of aromatic amines is 1. The van der Waals surface area contributed by atoms with Gasteiger partial charge in [0.05, 0.1) is 22.3 Å². The lowest BCUT2D eigenvalue weighted by Crippen LogP contribution is -2.13. The molecule has 0 saturated carbocycles. The van der Waals surface area contributed by atoms with Gasteiger partial charge in [-0.1, -0.05) is 0 Å². The van der Waals surface area contributed by atoms with Crippen molar-refractivity contribution in [3.8, 4) is 0 Å². The zero-order valence-corrected chi connectivity index (χ0v) is 10.1. The summed E-state index contributed by atoms with van der Waals surface area (Å²) < 4.78 is 62.9. The maximum atomic E-state index is 12.3. The number of nitrogens with one attached hydrogen (secondary N) is 2. The van der Waals surface area contributed by atoms with Crippen LogP contribution in [-0.4, -0.2) is 18.6 Å². The fraction of sp³-hybridized carbons (Fsp3) is 0.100. The summed E-state index contributed by atoms with van der Waals surface area (Å²) in [5, 5.41) is 5.95. The minimum Gasteiger partial charge on any atom is -0.284 e. The van der Waals surface area contributed by atoms with Crippen LogP contribution in [0.15, 0.2) is 41.6 Å². The highest BCUT2D eigenvalue weighted by Crippen LogP contribution is 2.29. The zero-order chi connectivity index (χ0) is 14.1. The van der Waals surface area contributed by atoms with Gasteiger partial charge in [-0.05, 0) is 24.3 Å². The predicted octanol–water partition coefficient (Wildman–Crippen LogP) is 2.23. The summed E-state index contributed by atoms with van der Waals surface area (Å²) in [5.74, 6) is 0. The van der Waals surface area contributed by atoms with Crippen LogP contribution in [0.1, 0.15) is 5.56 Å². The first-order chi connectivity index (χ1) is 8.79. The maximum absolute atomic E-state index is 12.3. The first-order valence-corrected chi connectivity index (χ1v) is 6.46. The molecule has 19 heavy (non-hydrogen) atoms. The van der Waals surface area contributed by atoms with E-state index in [1.54, 1.807) is 0 Å². The minimum absolute atomic E-state index is 0.194. The van der Waals surface area contributed by atoms with Crippen molar-refractivity contribution in [2.75, 3.05) is 4.72 Å². The zero-order valence-electron chi connectivity index (χ0n) is 9.27. The molecule has 0 fully saturated rings. The van der Waals surface area contributed by atoms with Gasteiger partial charge in [0.15, 0.2) is 0 Å². The molecule has 2 N–H and O–H groups in total. The van der Waals surface area contributed by atoms with Crippen LogP contribution >= 0.6 is 0 Å². The van der Waals surface area contributed by atoms with Gasteiger partial charge in [0.25, 0.3) is 10.0 Å². The Kier molecular flexibility index (Phi) is 3.23. The first-order valence-electron chi connectivity index (χ1n) is 4.98. The number of sulfonamides is 1. The van der Waals surface area contributed by atoms with Gasteiger partial charge in [0.1, 0.15) is 0 Å². The van der Waals surface area contributed by atoms with Crippen LogP contribution in [0.25, 0.3) is 0 Å². The number of aromatic nitrogens is 2. The van der Waals surface area contributed by atoms with E-state index in [1.807, 2.05) is 0 Å². The van der Waals surface area contributed by atoms with E-state index in [-0.39, 0.29) is 10.6 Å². The molecule has 102 valence electrons. The van der Waals surface area contributed by atoms with Crippen LogP contribution in [-0.2, 0) is 16.2 Å². The number of hydrogen-bond donors (Lipinski definition) is 2. The van der Waals surface area contributed by atoms with Crippen LogP contribution in [0.4, 0.5) is 18.9 Å². The Morgan fingerprint density at radius 1 is 1.16 bits per heavy atom. The van der Waals surface area contributed by atoms with Crippen molar-refractivity contribution in [1.29, 1.82) is 0 Å². The molecule has 0 radical (unpaired) electrons. The van der Waals surface area contributed by atoms with Gasteiger partial charge >= 0.3 is 6.18 Å². The fourth-order valence-corrected chi connectivity index (χ4v) is 2.38. The molecule has 1 heterocycles. The SMILES string of the molecule is O=S(=O)(Nc1cn[nH]c1)c1ccc(C(F)(F)F)cc1. The largest absolute Gasteiger partial charge is 0.416 e. The van der Waals surface area contributed by atoms with Gasteiger partial charge in [-0.2, -0.15) is 18.3 Å². The number of alkyl halides is 3. The second-order valence-corrected chi connectivity index (χ2v) is 5.30. The molecule has 0 saturated heterocycles. The topological polar surface area (TPSA) is 74.8 Å². The molecule has 1 aromatic heterocycles. The van der Waals surface area contributed by atoms with Crippen LogP contribution in [0.5, 0.6) is 0 Å². The van der Waals surface area contributed by atoms with Crippen molar-refractivity contribution in [2.24, 2.45) is 0 Å². The fourth-order valence-electron chi connectivity index (χ4n) is 1.34. The standard InChI is InChI=1S/C10H8F3N3O2S/c11-10(12,13)7-1-3-9(4-2-7)19(17,18)16-8-5-14-15-6-8/h1-6,16H,(H,14,15). The second kappa shape index (κ2) is 4.57. The Hall–Kier alpha value is -2.03. The number of H-pyrrole nitrogens is 1. The van der Waals surface area contributed by atoms with E-state index in [2.05, 4.69) is 14.9 Å². The molecular formula is C10H8F3N3O2S. The van der Waals surface area contributed by atoms with Gasteiger partial charge in [-0.3, -0.25) is 9.82 Å². The van der Waals surface area contributed by atoms with Crippen molar-refractivity contribution in [2.45, 2.75) is 11.1 Å². The second-order valence-electron chi connectivity index (χ2n) is 3.61. The summed E-state index contributed by atoms with van der Waals surface area (Å²) in [6.07, 6.45) is -1.95. The minimum atomic E-state index is -4.50. The van der Waals surface area contributed by atoms with Gasteiger partial charge in [0.2, 0.25) is 0 Å². The molecule has 2 aromatic rings. The average Bonchev–Trinajstić information content (AvgIpc) is 2.80. The number of hydrogen-bond acceptors (Lipinski definition) is 3. The van der Waals surface area contributed by atoms with Crippen molar-refractivity contribution in [3.63, 3.8) is 0 Å². The summed E-state index contributed by atoms with van der Waals surface area (Å²) in [6, 6.07) is 3.21. The summed E-state index contributed by atoms with van der Waals surface area (Å²) >= 11 is 0. The van der Waals surface area contributed by atoms with Gasteiger partial charge in [-0.25, -0.2) is 8.42 Å². The molecule has 0 atom stereocenters. The molecule has 0 aliphatic carbocycles. The van der Waals surface area contributed by atoms with Crippen LogP contribution in [0.2, 0.25) is 0 Å². The molecule has 0 bridgehead atoms. The van der Waals surface area contributed by atoms with E-state index in [9.17, 15) is 21.6 Å². The van der Waals surface area contributed by atoms with Gasteiger partial charge in [-0.15, -0.1) is 0 Å². The third-order valence-corrected chi connectivity index (χ3v) is 3.64. The number of anilines is 1. The van der Waals surface area contributed by atoms with E-state index < -0.39 is 21.8 Å². The number of rotatable bonds is 3. The van der Waals surface area contributed by atoms with E-state index in [0.29, 0.717) is 12.1 Å². The Balaban J connectivity index is 2.27. The summed E-state index contributed by atoms with van der Waals surface area (Å²) in [7, 11) is -3.92. The smallest absolute Gasteiger partial charge is 0.284 e. The van der Waals surface area contributed by atoms with Crippen LogP contribution < -0.4 is 4.72 Å². The monoisotopic (exact) mass is 291 g/mol. The highest BCUT2D eigenvalue weighted by molar-refractivity contribution is 7.92. The molecule has 9 heteroatoms. The Morgan fingerprint density at radius 3 is 2.26 bits per heavy atom. The summed E-state index contributed by atoms with van der Waals surface area (Å²) in [6.45, 7) is 0. The number of halogens is 3. The summed E-state index contributed by atoms with van der Waals surface area (Å²) in [4.78, 5) is -0.262. The van der Waals surface area contributed by atoms with Crippen molar-refractivity contribution >= 4 is 15.7 Å². The highest BCUT2D eigenvalue weighted by atomic mass is 32.2. The molecule has 0 aliphatic heterocycles. The van der Waals surface area contributed by atoms with E-state index in [0.717, 1.165) is 12.1 Å². The molecule has 5 nitrogen and oxygen atoms in total. The molecule has 0 spiro atoms. The number of benzene rings is 1. The molecule has 2 rings (SSSR count). The normalized spacial score (nSPS) is 12.4.